The van der Waals surface area contributed by atoms with Crippen LogP contribution in [0.15, 0.2) is 140 Å². The normalized spacial score (nSPS) is 16.9. The molecular weight excluding hydrogens is 929 g/mol. The smallest absolute Gasteiger partial charge is 0.253 e. The van der Waals surface area contributed by atoms with Gasteiger partial charge in [0, 0.05) is 55.9 Å². The number of likely N-dealkylation sites (N-methyl/N-ethyl adjacent to an activating group) is 2. The van der Waals surface area contributed by atoms with Crippen molar-refractivity contribution in [2.24, 2.45) is 0 Å². The summed E-state index contributed by atoms with van der Waals surface area (Å²) in [6, 6.07) is 42.0. The van der Waals surface area contributed by atoms with Crippen molar-refractivity contribution in [3.63, 3.8) is 0 Å². The van der Waals surface area contributed by atoms with Crippen molar-refractivity contribution in [2.75, 3.05) is 46.8 Å². The van der Waals surface area contributed by atoms with Gasteiger partial charge in [-0.1, -0.05) is 115 Å². The van der Waals surface area contributed by atoms with Gasteiger partial charge in [-0.2, -0.15) is 0 Å². The van der Waals surface area contributed by atoms with E-state index >= 15 is 0 Å². The SMILES string of the molecule is CN[C@@H](C)C(=O)N[C@@H](CCc1ccccc1)C(=O)N1CCC[C@H]1CNC(=O)c1ccc(-c2ccc(C(=O)N(CCc3ccccc3)C[C@@H]3CCCN3C(=O)[C@H](CCc3ccccc3)NC(=O)[C@H](C)NC)cc2)cc1. The van der Waals surface area contributed by atoms with Gasteiger partial charge in [0.25, 0.3) is 11.8 Å². The van der Waals surface area contributed by atoms with Gasteiger partial charge in [-0.15, -0.1) is 0 Å². The van der Waals surface area contributed by atoms with E-state index in [1.54, 1.807) is 40.1 Å². The van der Waals surface area contributed by atoms with Crippen LogP contribution in [0.2, 0.25) is 0 Å². The second kappa shape index (κ2) is 27.2. The van der Waals surface area contributed by atoms with Crippen molar-refractivity contribution in [3.05, 3.63) is 167 Å². The summed E-state index contributed by atoms with van der Waals surface area (Å²) >= 11 is 0. The summed E-state index contributed by atoms with van der Waals surface area (Å²) in [6.07, 6.45) is 5.91. The maximum Gasteiger partial charge on any atom is 0.253 e. The number of nitrogens with one attached hydrogen (secondary N) is 5. The molecule has 0 saturated carbocycles. The van der Waals surface area contributed by atoms with Gasteiger partial charge >= 0.3 is 0 Å². The zero-order chi connectivity index (χ0) is 52.4. The summed E-state index contributed by atoms with van der Waals surface area (Å²) in [5, 5.41) is 15.0. The summed E-state index contributed by atoms with van der Waals surface area (Å²) in [5.41, 5.74) is 6.05. The van der Waals surface area contributed by atoms with Crippen molar-refractivity contribution >= 4 is 35.4 Å². The molecule has 390 valence electrons. The maximum absolute atomic E-state index is 14.5. The van der Waals surface area contributed by atoms with Crippen LogP contribution in [-0.2, 0) is 38.4 Å². The zero-order valence-corrected chi connectivity index (χ0v) is 43.4. The highest BCUT2D eigenvalue weighted by molar-refractivity contribution is 5.96. The van der Waals surface area contributed by atoms with Crippen LogP contribution in [0.3, 0.4) is 0 Å². The number of carbonyl (C=O) groups is 6. The van der Waals surface area contributed by atoms with Crippen molar-refractivity contribution < 1.29 is 28.8 Å². The monoisotopic (exact) mass is 1000 g/mol. The molecule has 2 heterocycles. The molecule has 0 spiro atoms. The van der Waals surface area contributed by atoms with Gasteiger partial charge in [0.1, 0.15) is 12.1 Å². The fourth-order valence-corrected chi connectivity index (χ4v) is 9.89. The number of hydrogen-bond donors (Lipinski definition) is 5. The van der Waals surface area contributed by atoms with Crippen LogP contribution >= 0.6 is 0 Å². The molecule has 0 aliphatic carbocycles. The Labute approximate surface area is 437 Å². The largest absolute Gasteiger partial charge is 0.350 e. The summed E-state index contributed by atoms with van der Waals surface area (Å²) in [5.74, 6) is -1.12. The molecule has 14 nitrogen and oxygen atoms in total. The highest BCUT2D eigenvalue weighted by Crippen LogP contribution is 2.25. The van der Waals surface area contributed by atoms with E-state index in [4.69, 9.17) is 0 Å². The number of rotatable bonds is 24. The molecule has 5 N–H and O–H groups in total. The van der Waals surface area contributed by atoms with E-state index in [0.29, 0.717) is 69.4 Å². The maximum atomic E-state index is 14.5. The lowest BCUT2D eigenvalue weighted by Gasteiger charge is -2.33. The summed E-state index contributed by atoms with van der Waals surface area (Å²) < 4.78 is 0. The summed E-state index contributed by atoms with van der Waals surface area (Å²) in [6.45, 7) is 5.74. The number of carbonyl (C=O) groups excluding carboxylic acids is 6. The molecule has 0 radical (unpaired) electrons. The minimum absolute atomic E-state index is 0.127. The highest BCUT2D eigenvalue weighted by atomic mass is 16.2. The Morgan fingerprint density at radius 3 is 1.42 bits per heavy atom. The van der Waals surface area contributed by atoms with Crippen LogP contribution in [0.5, 0.6) is 0 Å². The molecule has 2 fully saturated rings. The molecule has 2 aliphatic heterocycles. The van der Waals surface area contributed by atoms with Crippen molar-refractivity contribution in [2.45, 2.75) is 108 Å². The number of likely N-dealkylation sites (tertiary alicyclic amines) is 2. The lowest BCUT2D eigenvalue weighted by molar-refractivity contribution is -0.138. The van der Waals surface area contributed by atoms with Crippen LogP contribution in [0.4, 0.5) is 0 Å². The molecule has 0 unspecified atom stereocenters. The lowest BCUT2D eigenvalue weighted by atomic mass is 10.0. The molecule has 14 heteroatoms. The molecule has 5 aromatic carbocycles. The fourth-order valence-electron chi connectivity index (χ4n) is 9.89. The highest BCUT2D eigenvalue weighted by Gasteiger charge is 2.37. The van der Waals surface area contributed by atoms with Gasteiger partial charge in [0.05, 0.1) is 12.1 Å². The molecule has 0 aromatic heterocycles. The minimum atomic E-state index is -0.715. The molecule has 0 bridgehead atoms. The predicted molar refractivity (Wildman–Crippen MR) is 290 cm³/mol. The van der Waals surface area contributed by atoms with E-state index < -0.39 is 24.2 Å². The number of benzene rings is 5. The minimum Gasteiger partial charge on any atom is -0.350 e. The van der Waals surface area contributed by atoms with E-state index in [0.717, 1.165) is 53.5 Å². The van der Waals surface area contributed by atoms with Gasteiger partial charge in [0.2, 0.25) is 23.6 Å². The van der Waals surface area contributed by atoms with Gasteiger partial charge in [-0.3, -0.25) is 28.8 Å². The third-order valence-electron chi connectivity index (χ3n) is 14.7. The van der Waals surface area contributed by atoms with Crippen molar-refractivity contribution in [1.82, 2.24) is 41.3 Å². The zero-order valence-electron chi connectivity index (χ0n) is 43.4. The summed E-state index contributed by atoms with van der Waals surface area (Å²) in [4.78, 5) is 88.2. The molecule has 7 rings (SSSR count). The molecule has 2 aliphatic rings. The molecule has 2 saturated heterocycles. The molecule has 74 heavy (non-hydrogen) atoms. The average molecular weight is 1000 g/mol. The van der Waals surface area contributed by atoms with Crippen molar-refractivity contribution in [1.29, 1.82) is 0 Å². The lowest BCUT2D eigenvalue weighted by Crippen LogP contribution is -2.55. The van der Waals surface area contributed by atoms with Crippen LogP contribution in [-0.4, -0.2) is 133 Å². The van der Waals surface area contributed by atoms with Crippen LogP contribution in [0.25, 0.3) is 11.1 Å². The van der Waals surface area contributed by atoms with Gasteiger partial charge < -0.3 is 41.3 Å². The first kappa shape index (κ1) is 54.6. The summed E-state index contributed by atoms with van der Waals surface area (Å²) in [7, 11) is 3.43. The van der Waals surface area contributed by atoms with Gasteiger partial charge in [-0.05, 0) is 138 Å². The first-order valence-corrected chi connectivity index (χ1v) is 26.4. The number of aryl methyl sites for hydroxylation is 2. The fraction of sp³-hybridized carbons (Fsp3) is 0.400. The first-order chi connectivity index (χ1) is 35.9. The van der Waals surface area contributed by atoms with Crippen LogP contribution in [0, 0.1) is 0 Å². The first-order valence-electron chi connectivity index (χ1n) is 26.4. The topological polar surface area (TPSA) is 172 Å². The third kappa shape index (κ3) is 15.0. The van der Waals surface area contributed by atoms with E-state index in [-0.39, 0.29) is 54.1 Å². The van der Waals surface area contributed by atoms with E-state index in [1.165, 1.54) is 0 Å². The molecular formula is C60H74N8O6. The van der Waals surface area contributed by atoms with Gasteiger partial charge in [-0.25, -0.2) is 0 Å². The number of nitrogens with zero attached hydrogens (tertiary/aromatic N) is 3. The Bertz CT molecular complexity index is 2620. The standard InChI is InChI=1S/C60H74N8O6/c1-42(61-3)55(69)64-53(34-24-44-16-8-5-9-17-44)59(73)67-37-14-22-51(67)40-63-57(71)49-30-26-47(27-31-49)48-28-32-50(33-29-48)58(72)66(39-36-46-20-12-7-13-21-46)41-52-23-15-38-68(52)60(74)54(65-56(70)43(2)62-4)35-25-45-18-10-6-11-19-45/h5-13,16-21,26-33,42-43,51-54,61-62H,14-15,22-25,34-41H2,1-4H3,(H,63,71)(H,64,69)(H,65,70)/t42-,43-,51-,52-,53-,54-/m0/s1. The molecule has 5 aromatic rings. The molecule has 6 atom stereocenters. The van der Waals surface area contributed by atoms with Crippen LogP contribution in [0.1, 0.15) is 89.8 Å². The van der Waals surface area contributed by atoms with Crippen molar-refractivity contribution in [3.8, 4) is 11.1 Å². The van der Waals surface area contributed by atoms with Crippen LogP contribution < -0.4 is 26.6 Å². The second-order valence-corrected chi connectivity index (χ2v) is 19.7. The third-order valence-corrected chi connectivity index (χ3v) is 14.7. The average Bonchev–Trinajstić information content (AvgIpc) is 4.13. The Balaban J connectivity index is 0.984. The Kier molecular flexibility index (Phi) is 20.1. The predicted octanol–water partition coefficient (Wildman–Crippen LogP) is 6.20. The Hall–Kier alpha value is -7.16. The van der Waals surface area contributed by atoms with E-state index in [9.17, 15) is 28.8 Å². The molecule has 6 amide bonds. The van der Waals surface area contributed by atoms with E-state index in [1.807, 2.05) is 130 Å². The van der Waals surface area contributed by atoms with Gasteiger partial charge in [0.15, 0.2) is 0 Å². The quantitative estimate of drug-likeness (QED) is 0.0487. The Morgan fingerprint density at radius 2 is 0.959 bits per heavy atom. The number of hydrogen-bond acceptors (Lipinski definition) is 8. The Morgan fingerprint density at radius 1 is 0.541 bits per heavy atom. The van der Waals surface area contributed by atoms with E-state index in [2.05, 4.69) is 38.7 Å². The second-order valence-electron chi connectivity index (χ2n) is 19.7. The number of amides is 6.